The minimum absolute atomic E-state index is 0.247. The highest BCUT2D eigenvalue weighted by Gasteiger charge is 2.11. The number of rotatable bonds is 7. The first-order valence-electron chi connectivity index (χ1n) is 8.81. The van der Waals surface area contributed by atoms with Crippen LogP contribution in [0.5, 0.6) is 0 Å². The number of anilines is 1. The Hall–Kier alpha value is -3.28. The summed E-state index contributed by atoms with van der Waals surface area (Å²) in [5.74, 6) is 0.100. The zero-order chi connectivity index (χ0) is 19.1. The third kappa shape index (κ3) is 5.10. The van der Waals surface area contributed by atoms with Crippen molar-refractivity contribution in [2.75, 3.05) is 11.4 Å². The van der Waals surface area contributed by atoms with Crippen LogP contribution in [-0.2, 0) is 13.1 Å². The van der Waals surface area contributed by atoms with Gasteiger partial charge in [-0.05, 0) is 42.3 Å². The number of nitrogens with one attached hydrogen (secondary N) is 1. The fourth-order valence-corrected chi connectivity index (χ4v) is 2.65. The number of benzene rings is 2. The summed E-state index contributed by atoms with van der Waals surface area (Å²) in [7, 11) is 0. The molecule has 0 bridgehead atoms. The molecule has 1 N–H and O–H groups in total. The molecule has 0 spiro atoms. The van der Waals surface area contributed by atoms with Crippen molar-refractivity contribution in [1.29, 1.82) is 0 Å². The summed E-state index contributed by atoms with van der Waals surface area (Å²) in [5.41, 5.74) is 2.24. The van der Waals surface area contributed by atoms with Crippen LogP contribution in [0.3, 0.4) is 0 Å². The summed E-state index contributed by atoms with van der Waals surface area (Å²) in [6.45, 7) is 3.85. The lowest BCUT2D eigenvalue weighted by Gasteiger charge is -2.21. The SMILES string of the molecule is CCN(Cc1ccccc1)c1ccc(C(=O)NCc2ccc(F)cc2)nn1. The van der Waals surface area contributed by atoms with E-state index in [-0.39, 0.29) is 17.4 Å². The normalized spacial score (nSPS) is 10.4. The summed E-state index contributed by atoms with van der Waals surface area (Å²) in [6, 6.07) is 19.6. The molecule has 6 heteroatoms. The Bertz CT molecular complexity index is 867. The van der Waals surface area contributed by atoms with E-state index in [1.165, 1.54) is 17.7 Å². The van der Waals surface area contributed by atoms with E-state index in [1.54, 1.807) is 24.3 Å². The highest BCUT2D eigenvalue weighted by Crippen LogP contribution is 2.14. The van der Waals surface area contributed by atoms with Crippen LogP contribution in [0.4, 0.5) is 10.2 Å². The van der Waals surface area contributed by atoms with Gasteiger partial charge in [0.2, 0.25) is 0 Å². The second-order valence-electron chi connectivity index (χ2n) is 6.09. The molecule has 1 aromatic heterocycles. The molecule has 3 rings (SSSR count). The van der Waals surface area contributed by atoms with Crippen molar-refractivity contribution in [3.8, 4) is 0 Å². The number of halogens is 1. The number of hydrogen-bond acceptors (Lipinski definition) is 4. The zero-order valence-electron chi connectivity index (χ0n) is 15.1. The standard InChI is InChI=1S/C21H21FN4O/c1-2-26(15-17-6-4-3-5-7-17)20-13-12-19(24-25-20)21(27)23-14-16-8-10-18(22)11-9-16/h3-13H,2,14-15H2,1H3,(H,23,27). The summed E-state index contributed by atoms with van der Waals surface area (Å²) in [5, 5.41) is 11.0. The molecule has 0 aliphatic carbocycles. The van der Waals surface area contributed by atoms with Gasteiger partial charge in [0.15, 0.2) is 11.5 Å². The number of hydrogen-bond donors (Lipinski definition) is 1. The zero-order valence-corrected chi connectivity index (χ0v) is 15.1. The lowest BCUT2D eigenvalue weighted by atomic mass is 10.2. The highest BCUT2D eigenvalue weighted by molar-refractivity contribution is 5.92. The lowest BCUT2D eigenvalue weighted by molar-refractivity contribution is 0.0945. The molecule has 5 nitrogen and oxygen atoms in total. The van der Waals surface area contributed by atoms with Crippen molar-refractivity contribution in [1.82, 2.24) is 15.5 Å². The van der Waals surface area contributed by atoms with Gasteiger partial charge in [-0.2, -0.15) is 0 Å². The molecular weight excluding hydrogens is 343 g/mol. The molecule has 138 valence electrons. The maximum Gasteiger partial charge on any atom is 0.272 e. The van der Waals surface area contributed by atoms with Gasteiger partial charge >= 0.3 is 0 Å². The number of nitrogens with zero attached hydrogens (tertiary/aromatic N) is 3. The molecule has 2 aromatic carbocycles. The summed E-state index contributed by atoms with van der Waals surface area (Å²) < 4.78 is 12.9. The Morgan fingerprint density at radius 3 is 2.33 bits per heavy atom. The average molecular weight is 364 g/mol. The molecule has 1 amide bonds. The van der Waals surface area contributed by atoms with Crippen LogP contribution < -0.4 is 10.2 Å². The van der Waals surface area contributed by atoms with Crippen LogP contribution >= 0.6 is 0 Å². The minimum Gasteiger partial charge on any atom is -0.351 e. The lowest BCUT2D eigenvalue weighted by Crippen LogP contribution is -2.26. The quantitative estimate of drug-likeness (QED) is 0.696. The molecule has 0 aliphatic heterocycles. The maximum absolute atomic E-state index is 12.9. The number of carbonyl (C=O) groups excluding carboxylic acids is 1. The van der Waals surface area contributed by atoms with Crippen molar-refractivity contribution < 1.29 is 9.18 Å². The Balaban J connectivity index is 1.61. The third-order valence-electron chi connectivity index (χ3n) is 4.17. The molecule has 0 unspecified atom stereocenters. The van der Waals surface area contributed by atoms with Gasteiger partial charge in [-0.25, -0.2) is 4.39 Å². The van der Waals surface area contributed by atoms with E-state index in [2.05, 4.69) is 32.5 Å². The van der Waals surface area contributed by atoms with E-state index in [9.17, 15) is 9.18 Å². The van der Waals surface area contributed by atoms with Crippen LogP contribution in [0.2, 0.25) is 0 Å². The molecule has 1 heterocycles. The second-order valence-corrected chi connectivity index (χ2v) is 6.09. The van der Waals surface area contributed by atoms with Gasteiger partial charge in [-0.3, -0.25) is 4.79 Å². The van der Waals surface area contributed by atoms with Crippen LogP contribution in [0, 0.1) is 5.82 Å². The smallest absolute Gasteiger partial charge is 0.272 e. The van der Waals surface area contributed by atoms with Crippen molar-refractivity contribution >= 4 is 11.7 Å². The molecule has 0 saturated carbocycles. The summed E-state index contributed by atoms with van der Waals surface area (Å²) >= 11 is 0. The highest BCUT2D eigenvalue weighted by atomic mass is 19.1. The van der Waals surface area contributed by atoms with E-state index in [4.69, 9.17) is 0 Å². The maximum atomic E-state index is 12.9. The molecule has 3 aromatic rings. The molecule has 0 aliphatic rings. The van der Waals surface area contributed by atoms with Gasteiger partial charge < -0.3 is 10.2 Å². The van der Waals surface area contributed by atoms with Crippen molar-refractivity contribution in [2.45, 2.75) is 20.0 Å². The summed E-state index contributed by atoms with van der Waals surface area (Å²) in [4.78, 5) is 14.3. The molecular formula is C21H21FN4O. The van der Waals surface area contributed by atoms with E-state index >= 15 is 0 Å². The second kappa shape index (κ2) is 8.89. The first-order chi connectivity index (χ1) is 13.2. The van der Waals surface area contributed by atoms with E-state index in [0.29, 0.717) is 6.54 Å². The molecule has 27 heavy (non-hydrogen) atoms. The van der Waals surface area contributed by atoms with Crippen molar-refractivity contribution in [2.24, 2.45) is 0 Å². The van der Waals surface area contributed by atoms with Crippen LogP contribution in [0.15, 0.2) is 66.7 Å². The van der Waals surface area contributed by atoms with Gasteiger partial charge in [-0.15, -0.1) is 10.2 Å². The fraction of sp³-hybridized carbons (Fsp3) is 0.190. The molecule has 0 atom stereocenters. The van der Waals surface area contributed by atoms with Crippen LogP contribution in [0.25, 0.3) is 0 Å². The Morgan fingerprint density at radius 2 is 1.70 bits per heavy atom. The first-order valence-corrected chi connectivity index (χ1v) is 8.81. The monoisotopic (exact) mass is 364 g/mol. The molecule has 0 radical (unpaired) electrons. The predicted octanol–water partition coefficient (Wildman–Crippen LogP) is 3.57. The van der Waals surface area contributed by atoms with Gasteiger partial charge in [0.05, 0.1) is 0 Å². The Morgan fingerprint density at radius 1 is 0.963 bits per heavy atom. The van der Waals surface area contributed by atoms with Gasteiger partial charge in [0.1, 0.15) is 5.82 Å². The van der Waals surface area contributed by atoms with Gasteiger partial charge in [0.25, 0.3) is 5.91 Å². The van der Waals surface area contributed by atoms with Crippen molar-refractivity contribution in [3.05, 3.63) is 89.4 Å². The molecule has 0 saturated heterocycles. The minimum atomic E-state index is -0.315. The predicted molar refractivity (Wildman–Crippen MR) is 103 cm³/mol. The van der Waals surface area contributed by atoms with Gasteiger partial charge in [0, 0.05) is 19.6 Å². The number of amides is 1. The topological polar surface area (TPSA) is 58.1 Å². The summed E-state index contributed by atoms with van der Waals surface area (Å²) in [6.07, 6.45) is 0. The van der Waals surface area contributed by atoms with Gasteiger partial charge in [-0.1, -0.05) is 42.5 Å². The number of carbonyl (C=O) groups is 1. The first kappa shape index (κ1) is 18.5. The van der Waals surface area contributed by atoms with Crippen molar-refractivity contribution in [3.63, 3.8) is 0 Å². The average Bonchev–Trinajstić information content (AvgIpc) is 2.72. The Labute approximate surface area is 157 Å². The molecule has 0 fully saturated rings. The largest absolute Gasteiger partial charge is 0.351 e. The van der Waals surface area contributed by atoms with Crippen LogP contribution in [0.1, 0.15) is 28.5 Å². The fourth-order valence-electron chi connectivity index (χ4n) is 2.65. The third-order valence-corrected chi connectivity index (χ3v) is 4.17. The van der Waals surface area contributed by atoms with E-state index < -0.39 is 0 Å². The Kier molecular flexibility index (Phi) is 6.10. The van der Waals surface area contributed by atoms with Crippen LogP contribution in [-0.4, -0.2) is 22.6 Å². The number of aromatic nitrogens is 2. The van der Waals surface area contributed by atoms with E-state index in [1.807, 2.05) is 25.1 Å². The van der Waals surface area contributed by atoms with E-state index in [0.717, 1.165) is 24.5 Å².